The van der Waals surface area contributed by atoms with Gasteiger partial charge in [0.2, 0.25) is 0 Å². The van der Waals surface area contributed by atoms with Gasteiger partial charge in [0.15, 0.2) is 17.3 Å². The van der Waals surface area contributed by atoms with Gasteiger partial charge < -0.3 is 25.1 Å². The molecule has 8 heteroatoms. The highest BCUT2D eigenvalue weighted by molar-refractivity contribution is 5.73. The molecule has 0 unspecified atom stereocenters. The van der Waals surface area contributed by atoms with E-state index in [1.54, 1.807) is 4.57 Å². The molecule has 1 saturated heterocycles. The second-order valence-corrected chi connectivity index (χ2v) is 10.7. The van der Waals surface area contributed by atoms with Gasteiger partial charge in [0.1, 0.15) is 11.5 Å². The summed E-state index contributed by atoms with van der Waals surface area (Å²) in [6, 6.07) is 11.1. The lowest BCUT2D eigenvalue weighted by molar-refractivity contribution is 0.282. The lowest BCUT2D eigenvalue weighted by atomic mass is 9.90. The van der Waals surface area contributed by atoms with Crippen molar-refractivity contribution in [1.82, 2.24) is 20.2 Å². The Hall–Kier alpha value is -3.10. The summed E-state index contributed by atoms with van der Waals surface area (Å²) < 4.78 is 13.7. The van der Waals surface area contributed by atoms with Gasteiger partial charge in [-0.2, -0.15) is 4.98 Å². The van der Waals surface area contributed by atoms with Crippen molar-refractivity contribution in [3.05, 3.63) is 64.1 Å². The van der Waals surface area contributed by atoms with E-state index in [9.17, 15) is 4.79 Å². The highest BCUT2D eigenvalue weighted by Crippen LogP contribution is 2.42. The van der Waals surface area contributed by atoms with Crippen molar-refractivity contribution < 1.29 is 9.15 Å². The molecule has 3 N–H and O–H groups in total. The summed E-state index contributed by atoms with van der Waals surface area (Å²) in [6.07, 6.45) is 10.2. The van der Waals surface area contributed by atoms with Gasteiger partial charge in [0.05, 0.1) is 11.9 Å². The average molecular weight is 504 g/mol. The second-order valence-electron chi connectivity index (χ2n) is 10.7. The Kier molecular flexibility index (Phi) is 7.02. The summed E-state index contributed by atoms with van der Waals surface area (Å²) in [5, 5.41) is 10.5. The van der Waals surface area contributed by atoms with Crippen LogP contribution in [-0.4, -0.2) is 35.2 Å². The second kappa shape index (κ2) is 10.7. The number of nitrogens with one attached hydrogen (secondary N) is 3. The van der Waals surface area contributed by atoms with Gasteiger partial charge >= 0.3 is 5.69 Å². The Morgan fingerprint density at radius 3 is 2.68 bits per heavy atom. The van der Waals surface area contributed by atoms with Crippen LogP contribution in [0.25, 0.3) is 0 Å². The first kappa shape index (κ1) is 24.2. The number of hydrogen-bond acceptors (Lipinski definition) is 7. The van der Waals surface area contributed by atoms with Crippen LogP contribution in [0.3, 0.4) is 0 Å². The van der Waals surface area contributed by atoms with Crippen LogP contribution >= 0.6 is 0 Å². The number of furan rings is 1. The van der Waals surface area contributed by atoms with Gasteiger partial charge in [-0.15, -0.1) is 0 Å². The molecule has 0 amide bonds. The van der Waals surface area contributed by atoms with Crippen LogP contribution in [0, 0.1) is 6.92 Å². The fourth-order valence-corrected chi connectivity index (χ4v) is 6.01. The topological polar surface area (TPSA) is 93.4 Å². The van der Waals surface area contributed by atoms with Crippen LogP contribution in [0.1, 0.15) is 74.0 Å². The van der Waals surface area contributed by atoms with Crippen LogP contribution in [0.5, 0.6) is 11.5 Å². The van der Waals surface area contributed by atoms with Crippen molar-refractivity contribution in [2.75, 3.05) is 25.0 Å². The van der Waals surface area contributed by atoms with Crippen molar-refractivity contribution in [2.24, 2.45) is 0 Å². The van der Waals surface area contributed by atoms with Gasteiger partial charge in [-0.3, -0.25) is 4.57 Å². The van der Waals surface area contributed by atoms with Crippen molar-refractivity contribution in [2.45, 2.75) is 76.3 Å². The molecule has 0 spiro atoms. The summed E-state index contributed by atoms with van der Waals surface area (Å²) >= 11 is 0. The molecule has 2 aromatic heterocycles. The molecular formula is C29H37N5O3. The number of aromatic nitrogens is 2. The van der Waals surface area contributed by atoms with E-state index < -0.39 is 0 Å². The highest BCUT2D eigenvalue weighted by atomic mass is 16.5. The zero-order valence-corrected chi connectivity index (χ0v) is 21.6. The van der Waals surface area contributed by atoms with Gasteiger partial charge in [-0.05, 0) is 107 Å². The van der Waals surface area contributed by atoms with E-state index in [1.165, 1.54) is 5.56 Å². The third-order valence-electron chi connectivity index (χ3n) is 8.12. The van der Waals surface area contributed by atoms with E-state index in [1.807, 2.05) is 25.3 Å². The number of aryl methyl sites for hydroxylation is 2. The molecule has 1 saturated carbocycles. The van der Waals surface area contributed by atoms with Crippen molar-refractivity contribution in [3.8, 4) is 11.5 Å². The molecule has 0 radical (unpaired) electrons. The van der Waals surface area contributed by atoms with Gasteiger partial charge in [-0.25, -0.2) is 4.79 Å². The zero-order valence-electron chi connectivity index (χ0n) is 21.6. The number of rotatable bonds is 7. The van der Waals surface area contributed by atoms with E-state index in [4.69, 9.17) is 9.15 Å². The average Bonchev–Trinajstić information content (AvgIpc) is 3.35. The van der Waals surface area contributed by atoms with E-state index in [0.29, 0.717) is 23.5 Å². The van der Waals surface area contributed by atoms with Crippen LogP contribution in [-0.2, 0) is 6.42 Å². The smallest absolute Gasteiger partial charge is 0.350 e. The number of piperidine rings is 1. The number of hydrogen-bond donors (Lipinski definition) is 3. The number of ether oxygens (including phenoxy) is 1. The molecule has 8 nitrogen and oxygen atoms in total. The molecule has 2 fully saturated rings. The molecule has 37 heavy (non-hydrogen) atoms. The van der Waals surface area contributed by atoms with Gasteiger partial charge in [-0.1, -0.05) is 6.07 Å². The van der Waals surface area contributed by atoms with E-state index in [-0.39, 0.29) is 11.7 Å². The third kappa shape index (κ3) is 5.45. The van der Waals surface area contributed by atoms with Crippen molar-refractivity contribution >= 4 is 11.5 Å². The largest absolute Gasteiger partial charge is 0.466 e. The summed E-state index contributed by atoms with van der Waals surface area (Å²) in [7, 11) is 0. The molecular weight excluding hydrogens is 466 g/mol. The minimum atomic E-state index is -0.210. The molecule has 1 aromatic carbocycles. The quantitative estimate of drug-likeness (QED) is 0.300. The lowest BCUT2D eigenvalue weighted by Gasteiger charge is -2.31. The molecule has 6 rings (SSSR count). The fourth-order valence-electron chi connectivity index (χ4n) is 6.01. The molecule has 2 aliphatic heterocycles. The Balaban J connectivity index is 1.05. The first-order valence-corrected chi connectivity index (χ1v) is 13.8. The number of nitrogens with zero attached hydrogens (tertiary/aromatic N) is 2. The standard InChI is InChI=1S/C29H37N5O3/c1-19-4-10-24(36-19)3-2-14-31-22-6-8-23(9-7-22)34-18-27-28(33-29(34)35)32-25-17-21(5-11-26(25)37-27)20-12-15-30-16-13-20/h4-5,10-11,17-18,20,22-23,30-31H,2-3,6-9,12-16H2,1H3,(H,32,33,35)/t22-,23-. The van der Waals surface area contributed by atoms with Crippen molar-refractivity contribution in [3.63, 3.8) is 0 Å². The number of anilines is 2. The summed E-state index contributed by atoms with van der Waals surface area (Å²) in [5.41, 5.74) is 1.99. The van der Waals surface area contributed by atoms with Crippen LogP contribution in [0.2, 0.25) is 0 Å². The molecule has 3 aromatic rings. The maximum atomic E-state index is 13.0. The molecule has 0 atom stereocenters. The van der Waals surface area contributed by atoms with Crippen LogP contribution < -0.4 is 26.4 Å². The monoisotopic (exact) mass is 503 g/mol. The molecule has 1 aliphatic carbocycles. The Morgan fingerprint density at radius 2 is 1.89 bits per heavy atom. The predicted molar refractivity (Wildman–Crippen MR) is 144 cm³/mol. The Morgan fingerprint density at radius 1 is 1.05 bits per heavy atom. The third-order valence-corrected chi connectivity index (χ3v) is 8.12. The maximum absolute atomic E-state index is 13.0. The lowest BCUT2D eigenvalue weighted by Crippen LogP contribution is -2.37. The van der Waals surface area contributed by atoms with Gasteiger partial charge in [0, 0.05) is 18.5 Å². The summed E-state index contributed by atoms with van der Waals surface area (Å²) in [6.45, 7) is 5.07. The SMILES string of the molecule is Cc1ccc(CCCN[C@H]2CC[C@H](n3cc4c(nc3=O)Nc3cc(C5CCNCC5)ccc3O4)CC2)o1. The summed E-state index contributed by atoms with van der Waals surface area (Å²) in [4.78, 5) is 17.3. The molecule has 196 valence electrons. The van der Waals surface area contributed by atoms with Crippen LogP contribution in [0.4, 0.5) is 11.5 Å². The Bertz CT molecular complexity index is 1280. The molecule has 4 heterocycles. The minimum Gasteiger partial charge on any atom is -0.466 e. The number of fused-ring (bicyclic) bond motifs is 2. The van der Waals surface area contributed by atoms with E-state index in [2.05, 4.69) is 39.1 Å². The maximum Gasteiger partial charge on any atom is 0.350 e. The molecule has 3 aliphatic rings. The minimum absolute atomic E-state index is 0.154. The van der Waals surface area contributed by atoms with E-state index in [0.717, 1.165) is 94.0 Å². The highest BCUT2D eigenvalue weighted by Gasteiger charge is 2.27. The first-order valence-electron chi connectivity index (χ1n) is 13.8. The fraction of sp³-hybridized carbons (Fsp3) is 0.517. The normalized spacial score (nSPS) is 21.5. The van der Waals surface area contributed by atoms with Gasteiger partial charge in [0.25, 0.3) is 0 Å². The predicted octanol–water partition coefficient (Wildman–Crippen LogP) is 5.17. The van der Waals surface area contributed by atoms with Crippen LogP contribution in [0.15, 0.2) is 45.7 Å². The zero-order chi connectivity index (χ0) is 25.2. The van der Waals surface area contributed by atoms with E-state index >= 15 is 0 Å². The number of benzene rings is 1. The summed E-state index contributed by atoms with van der Waals surface area (Å²) in [5.74, 6) is 4.51. The Labute approximate surface area is 217 Å². The van der Waals surface area contributed by atoms with Crippen molar-refractivity contribution in [1.29, 1.82) is 0 Å². The first-order chi connectivity index (χ1) is 18.1. The molecule has 0 bridgehead atoms.